The lowest BCUT2D eigenvalue weighted by Gasteiger charge is -2.35. The van der Waals surface area contributed by atoms with Gasteiger partial charge in [0.2, 0.25) is 0 Å². The number of hydrogen-bond donors (Lipinski definition) is 0. The quantitative estimate of drug-likeness (QED) is 0.633. The van der Waals surface area contributed by atoms with Crippen molar-refractivity contribution in [2.45, 2.75) is 52.5 Å². The molecule has 84 valence electrons. The van der Waals surface area contributed by atoms with Gasteiger partial charge in [0.05, 0.1) is 0 Å². The molecule has 1 fully saturated rings. The topological polar surface area (TPSA) is 3.24 Å². The van der Waals surface area contributed by atoms with Crippen molar-refractivity contribution in [2.75, 3.05) is 18.4 Å². The lowest BCUT2D eigenvalue weighted by molar-refractivity contribution is 0.157. The second-order valence-corrected chi connectivity index (χ2v) is 5.20. The summed E-state index contributed by atoms with van der Waals surface area (Å²) in [4.78, 5) is 2.67. The maximum absolute atomic E-state index is 3.69. The van der Waals surface area contributed by atoms with Gasteiger partial charge in [-0.3, -0.25) is 0 Å². The predicted molar refractivity (Wildman–Crippen MR) is 67.1 cm³/mol. The summed E-state index contributed by atoms with van der Waals surface area (Å²) in [5, 5.41) is 1.15. The second kappa shape index (κ2) is 5.50. The van der Waals surface area contributed by atoms with Crippen LogP contribution in [0.25, 0.3) is 0 Å². The SMILES string of the molecule is CCN(CC(CC)(CC)CBr)C1CC1. The molecule has 14 heavy (non-hydrogen) atoms. The molecule has 0 aromatic heterocycles. The van der Waals surface area contributed by atoms with E-state index in [1.807, 2.05) is 0 Å². The van der Waals surface area contributed by atoms with Gasteiger partial charge in [0.1, 0.15) is 0 Å². The highest BCUT2D eigenvalue weighted by atomic mass is 79.9. The van der Waals surface area contributed by atoms with Gasteiger partial charge in [0, 0.05) is 17.9 Å². The smallest absolute Gasteiger partial charge is 0.01000 e. The molecule has 1 saturated carbocycles. The lowest BCUT2D eigenvalue weighted by Crippen LogP contribution is -2.39. The molecule has 0 aromatic carbocycles. The molecular formula is C12H24BrN. The van der Waals surface area contributed by atoms with Crippen LogP contribution in [0.4, 0.5) is 0 Å². The van der Waals surface area contributed by atoms with Crippen molar-refractivity contribution < 1.29 is 0 Å². The summed E-state index contributed by atoms with van der Waals surface area (Å²) in [5.74, 6) is 0. The Morgan fingerprint density at radius 2 is 1.79 bits per heavy atom. The summed E-state index contributed by atoms with van der Waals surface area (Å²) >= 11 is 3.69. The van der Waals surface area contributed by atoms with Gasteiger partial charge < -0.3 is 4.90 Å². The van der Waals surface area contributed by atoms with E-state index in [4.69, 9.17) is 0 Å². The van der Waals surface area contributed by atoms with E-state index in [-0.39, 0.29) is 0 Å². The fourth-order valence-corrected chi connectivity index (χ4v) is 3.04. The molecule has 0 bridgehead atoms. The van der Waals surface area contributed by atoms with E-state index in [1.54, 1.807) is 0 Å². The molecule has 0 unspecified atom stereocenters. The first kappa shape index (κ1) is 12.5. The number of alkyl halides is 1. The fourth-order valence-electron chi connectivity index (χ4n) is 2.07. The first-order chi connectivity index (χ1) is 6.71. The summed E-state index contributed by atoms with van der Waals surface area (Å²) < 4.78 is 0. The Balaban J connectivity index is 2.51. The Morgan fingerprint density at radius 3 is 2.07 bits per heavy atom. The first-order valence-electron chi connectivity index (χ1n) is 6.01. The van der Waals surface area contributed by atoms with E-state index in [0.717, 1.165) is 11.4 Å². The van der Waals surface area contributed by atoms with Crippen molar-refractivity contribution in [3.8, 4) is 0 Å². The highest BCUT2D eigenvalue weighted by Gasteiger charge is 2.34. The Morgan fingerprint density at radius 1 is 1.21 bits per heavy atom. The van der Waals surface area contributed by atoms with Gasteiger partial charge in [-0.2, -0.15) is 0 Å². The van der Waals surface area contributed by atoms with Gasteiger partial charge in [-0.25, -0.2) is 0 Å². The van der Waals surface area contributed by atoms with Crippen LogP contribution in [0.15, 0.2) is 0 Å². The van der Waals surface area contributed by atoms with Crippen LogP contribution in [0.5, 0.6) is 0 Å². The summed E-state index contributed by atoms with van der Waals surface area (Å²) in [6.45, 7) is 9.45. The molecule has 1 rings (SSSR count). The van der Waals surface area contributed by atoms with E-state index < -0.39 is 0 Å². The number of nitrogens with zero attached hydrogens (tertiary/aromatic N) is 1. The predicted octanol–water partition coefficient (Wildman–Crippen LogP) is 3.67. The van der Waals surface area contributed by atoms with Gasteiger partial charge in [-0.15, -0.1) is 0 Å². The Hall–Kier alpha value is 0.440. The van der Waals surface area contributed by atoms with Crippen LogP contribution in [-0.4, -0.2) is 29.4 Å². The minimum absolute atomic E-state index is 0.512. The average Bonchev–Trinajstić information content (AvgIpc) is 3.05. The minimum atomic E-state index is 0.512. The summed E-state index contributed by atoms with van der Waals surface area (Å²) in [6.07, 6.45) is 5.44. The lowest BCUT2D eigenvalue weighted by atomic mass is 9.84. The monoisotopic (exact) mass is 261 g/mol. The van der Waals surface area contributed by atoms with Gasteiger partial charge in [-0.05, 0) is 37.6 Å². The zero-order valence-electron chi connectivity index (χ0n) is 9.85. The van der Waals surface area contributed by atoms with Crippen molar-refractivity contribution >= 4 is 15.9 Å². The molecule has 0 aliphatic heterocycles. The number of halogens is 1. The highest BCUT2D eigenvalue weighted by Crippen LogP contribution is 2.34. The van der Waals surface area contributed by atoms with Crippen LogP contribution >= 0.6 is 15.9 Å². The number of hydrogen-bond acceptors (Lipinski definition) is 1. The van der Waals surface area contributed by atoms with Crippen LogP contribution < -0.4 is 0 Å². The number of rotatable bonds is 7. The fraction of sp³-hybridized carbons (Fsp3) is 1.00. The molecule has 0 radical (unpaired) electrons. The molecule has 2 heteroatoms. The second-order valence-electron chi connectivity index (χ2n) is 4.64. The molecule has 0 saturated heterocycles. The maximum atomic E-state index is 3.69. The first-order valence-corrected chi connectivity index (χ1v) is 7.13. The Labute approximate surface area is 97.4 Å². The van der Waals surface area contributed by atoms with Gasteiger partial charge in [0.15, 0.2) is 0 Å². The third kappa shape index (κ3) is 2.96. The molecule has 1 aliphatic rings. The van der Waals surface area contributed by atoms with E-state index in [1.165, 1.54) is 38.8 Å². The summed E-state index contributed by atoms with van der Waals surface area (Å²) in [7, 11) is 0. The van der Waals surface area contributed by atoms with Gasteiger partial charge in [0.25, 0.3) is 0 Å². The standard InChI is InChI=1S/C12H24BrN/c1-4-12(5-2,9-13)10-14(6-3)11-7-8-11/h11H,4-10H2,1-3H3. The van der Waals surface area contributed by atoms with Gasteiger partial charge in [-0.1, -0.05) is 36.7 Å². The average molecular weight is 262 g/mol. The van der Waals surface area contributed by atoms with Crippen LogP contribution in [0.3, 0.4) is 0 Å². The zero-order chi connectivity index (χ0) is 10.6. The van der Waals surface area contributed by atoms with E-state index in [2.05, 4.69) is 41.6 Å². The molecular weight excluding hydrogens is 238 g/mol. The molecule has 0 atom stereocenters. The van der Waals surface area contributed by atoms with Crippen LogP contribution in [0, 0.1) is 5.41 Å². The Kier molecular flexibility index (Phi) is 4.92. The van der Waals surface area contributed by atoms with Crippen molar-refractivity contribution in [2.24, 2.45) is 5.41 Å². The molecule has 1 aliphatic carbocycles. The molecule has 1 nitrogen and oxygen atoms in total. The maximum Gasteiger partial charge on any atom is 0.01000 e. The van der Waals surface area contributed by atoms with Gasteiger partial charge >= 0.3 is 0 Å². The van der Waals surface area contributed by atoms with Crippen molar-refractivity contribution in [1.29, 1.82) is 0 Å². The van der Waals surface area contributed by atoms with Crippen molar-refractivity contribution in [1.82, 2.24) is 4.90 Å². The van der Waals surface area contributed by atoms with E-state index in [9.17, 15) is 0 Å². The Bertz CT molecular complexity index is 153. The molecule has 0 aromatic rings. The molecule has 0 spiro atoms. The third-order valence-corrected chi connectivity index (χ3v) is 4.98. The molecule has 0 amide bonds. The molecule has 0 N–H and O–H groups in total. The van der Waals surface area contributed by atoms with Crippen molar-refractivity contribution in [3.05, 3.63) is 0 Å². The molecule has 0 heterocycles. The normalized spacial score (nSPS) is 17.8. The van der Waals surface area contributed by atoms with Crippen LogP contribution in [0.1, 0.15) is 46.5 Å². The largest absolute Gasteiger partial charge is 0.300 e. The highest BCUT2D eigenvalue weighted by molar-refractivity contribution is 9.09. The van der Waals surface area contributed by atoms with E-state index >= 15 is 0 Å². The summed E-state index contributed by atoms with van der Waals surface area (Å²) in [5.41, 5.74) is 0.512. The van der Waals surface area contributed by atoms with E-state index in [0.29, 0.717) is 5.41 Å². The summed E-state index contributed by atoms with van der Waals surface area (Å²) in [6, 6.07) is 0.913. The zero-order valence-corrected chi connectivity index (χ0v) is 11.4. The van der Waals surface area contributed by atoms with Crippen LogP contribution in [-0.2, 0) is 0 Å². The minimum Gasteiger partial charge on any atom is -0.300 e. The third-order valence-electron chi connectivity index (χ3n) is 3.79. The van der Waals surface area contributed by atoms with Crippen molar-refractivity contribution in [3.63, 3.8) is 0 Å². The van der Waals surface area contributed by atoms with Crippen LogP contribution in [0.2, 0.25) is 0 Å².